The van der Waals surface area contributed by atoms with Gasteiger partial charge in [0.2, 0.25) is 0 Å². The van der Waals surface area contributed by atoms with Gasteiger partial charge in [0, 0.05) is 22.2 Å². The number of hydrogen-bond acceptors (Lipinski definition) is 5. The molecule has 0 unspecified atom stereocenters. The minimum Gasteiger partial charge on any atom is -0.507 e. The Morgan fingerprint density at radius 3 is 2.63 bits per heavy atom. The van der Waals surface area contributed by atoms with E-state index in [2.05, 4.69) is 20.9 Å². The van der Waals surface area contributed by atoms with E-state index >= 15 is 0 Å². The molecule has 0 amide bonds. The van der Waals surface area contributed by atoms with E-state index in [1.54, 1.807) is 60.7 Å². The van der Waals surface area contributed by atoms with Gasteiger partial charge in [-0.05, 0) is 48.6 Å². The van der Waals surface area contributed by atoms with Crippen molar-refractivity contribution in [1.29, 1.82) is 0 Å². The lowest BCUT2D eigenvalue weighted by Gasteiger charge is -2.11. The molecule has 1 N–H and O–H groups in total. The van der Waals surface area contributed by atoms with Crippen molar-refractivity contribution in [2.24, 2.45) is 0 Å². The first-order chi connectivity index (χ1) is 14.4. The summed E-state index contributed by atoms with van der Waals surface area (Å²) in [6.07, 6.45) is 3.22. The Balaban J connectivity index is 1.96. The Labute approximate surface area is 178 Å². The summed E-state index contributed by atoms with van der Waals surface area (Å²) in [6.45, 7) is 0. The molecule has 3 aromatic carbocycles. The van der Waals surface area contributed by atoms with E-state index in [1.165, 1.54) is 22.8 Å². The Morgan fingerprint density at radius 2 is 1.83 bits per heavy atom. The van der Waals surface area contributed by atoms with Crippen molar-refractivity contribution in [1.82, 2.24) is 9.55 Å². The van der Waals surface area contributed by atoms with E-state index in [-0.39, 0.29) is 22.8 Å². The second kappa shape index (κ2) is 7.92. The van der Waals surface area contributed by atoms with Crippen LogP contribution in [0.1, 0.15) is 11.4 Å². The molecule has 0 atom stereocenters. The summed E-state index contributed by atoms with van der Waals surface area (Å²) < 4.78 is 2.10. The predicted octanol–water partition coefficient (Wildman–Crippen LogP) is 4.93. The molecule has 30 heavy (non-hydrogen) atoms. The largest absolute Gasteiger partial charge is 0.507 e. The summed E-state index contributed by atoms with van der Waals surface area (Å²) >= 11 is 3.36. The fourth-order valence-corrected chi connectivity index (χ4v) is 3.46. The molecule has 0 saturated carbocycles. The molecule has 0 aliphatic heterocycles. The van der Waals surface area contributed by atoms with Gasteiger partial charge in [-0.25, -0.2) is 4.98 Å². The number of halogens is 1. The summed E-state index contributed by atoms with van der Waals surface area (Å²) in [7, 11) is 0. The number of aromatic nitrogens is 2. The second-order valence-electron chi connectivity index (χ2n) is 6.44. The van der Waals surface area contributed by atoms with Crippen LogP contribution in [0.25, 0.3) is 28.7 Å². The van der Waals surface area contributed by atoms with Crippen LogP contribution in [-0.4, -0.2) is 19.6 Å². The zero-order valence-electron chi connectivity index (χ0n) is 15.4. The van der Waals surface area contributed by atoms with Crippen LogP contribution in [0.2, 0.25) is 0 Å². The van der Waals surface area contributed by atoms with Crippen LogP contribution in [0.4, 0.5) is 5.69 Å². The van der Waals surface area contributed by atoms with Crippen molar-refractivity contribution in [3.63, 3.8) is 0 Å². The maximum atomic E-state index is 13.2. The number of para-hydroxylation sites is 1. The molecule has 4 rings (SSSR count). The molecular weight excluding hydrogens is 450 g/mol. The molecular formula is C22H14BrN3O4. The second-order valence-corrected chi connectivity index (χ2v) is 7.36. The number of hydrogen-bond donors (Lipinski definition) is 1. The van der Waals surface area contributed by atoms with Gasteiger partial charge in [0.1, 0.15) is 11.6 Å². The normalized spacial score (nSPS) is 11.2. The van der Waals surface area contributed by atoms with Gasteiger partial charge in [0.15, 0.2) is 0 Å². The molecule has 0 bridgehead atoms. The highest BCUT2D eigenvalue weighted by Gasteiger charge is 2.14. The molecule has 0 aliphatic carbocycles. The maximum Gasteiger partial charge on any atom is 0.271 e. The number of nitro groups is 1. The fourth-order valence-electron chi connectivity index (χ4n) is 3.08. The number of benzene rings is 3. The SMILES string of the molecule is O=c1c2ccccc2nc(/C=C/c2cc(Br)ccc2O)n1-c1cccc([N+](=O)[O-])c1. The molecule has 0 radical (unpaired) electrons. The molecule has 1 aromatic heterocycles. The van der Waals surface area contributed by atoms with Crippen molar-refractivity contribution < 1.29 is 10.0 Å². The summed E-state index contributed by atoms with van der Waals surface area (Å²) in [6, 6.07) is 17.7. The molecule has 148 valence electrons. The van der Waals surface area contributed by atoms with E-state index in [0.29, 0.717) is 22.2 Å². The number of aromatic hydroxyl groups is 1. The first kappa shape index (κ1) is 19.5. The lowest BCUT2D eigenvalue weighted by molar-refractivity contribution is -0.384. The first-order valence-electron chi connectivity index (χ1n) is 8.87. The fraction of sp³-hybridized carbons (Fsp3) is 0. The molecule has 0 saturated heterocycles. The number of phenols is 1. The predicted molar refractivity (Wildman–Crippen MR) is 119 cm³/mol. The van der Waals surface area contributed by atoms with E-state index in [1.807, 2.05) is 0 Å². The average Bonchev–Trinajstić information content (AvgIpc) is 2.74. The smallest absolute Gasteiger partial charge is 0.271 e. The molecule has 0 aliphatic rings. The molecule has 8 heteroatoms. The number of rotatable bonds is 4. The highest BCUT2D eigenvalue weighted by atomic mass is 79.9. The standard InChI is InChI=1S/C22H14BrN3O4/c23-15-9-10-20(27)14(12-15)8-11-21-24-19-7-2-1-6-18(19)22(28)25(21)16-4-3-5-17(13-16)26(29)30/h1-13,27H/b11-8+. The highest BCUT2D eigenvalue weighted by molar-refractivity contribution is 9.10. The minimum absolute atomic E-state index is 0.0690. The van der Waals surface area contributed by atoms with Gasteiger partial charge in [-0.3, -0.25) is 19.5 Å². The Kier molecular flexibility index (Phi) is 5.16. The lowest BCUT2D eigenvalue weighted by atomic mass is 10.1. The van der Waals surface area contributed by atoms with Crippen LogP contribution in [-0.2, 0) is 0 Å². The average molecular weight is 464 g/mol. The van der Waals surface area contributed by atoms with Gasteiger partial charge in [0.05, 0.1) is 21.5 Å². The van der Waals surface area contributed by atoms with E-state index in [9.17, 15) is 20.0 Å². The van der Waals surface area contributed by atoms with Crippen molar-refractivity contribution in [3.8, 4) is 11.4 Å². The van der Waals surface area contributed by atoms with Gasteiger partial charge >= 0.3 is 0 Å². The summed E-state index contributed by atoms with van der Waals surface area (Å²) in [5.41, 5.74) is 0.872. The van der Waals surface area contributed by atoms with Crippen molar-refractivity contribution in [3.05, 3.63) is 103 Å². The van der Waals surface area contributed by atoms with Crippen molar-refractivity contribution in [2.45, 2.75) is 0 Å². The molecule has 0 spiro atoms. The molecule has 4 aromatic rings. The number of fused-ring (bicyclic) bond motifs is 1. The monoisotopic (exact) mass is 463 g/mol. The molecule has 7 nitrogen and oxygen atoms in total. The van der Waals surface area contributed by atoms with Crippen LogP contribution in [0.15, 0.2) is 76.0 Å². The number of phenolic OH excluding ortho intramolecular Hbond substituents is 1. The molecule has 1 heterocycles. The Morgan fingerprint density at radius 1 is 1.03 bits per heavy atom. The van der Waals surface area contributed by atoms with Gasteiger partial charge < -0.3 is 5.11 Å². The number of nitrogens with zero attached hydrogens (tertiary/aromatic N) is 3. The Hall–Kier alpha value is -3.78. The van der Waals surface area contributed by atoms with E-state index < -0.39 is 4.92 Å². The number of nitro benzene ring substituents is 1. The van der Waals surface area contributed by atoms with Crippen molar-refractivity contribution in [2.75, 3.05) is 0 Å². The van der Waals surface area contributed by atoms with Crippen LogP contribution < -0.4 is 5.56 Å². The zero-order valence-corrected chi connectivity index (χ0v) is 17.0. The quantitative estimate of drug-likeness (QED) is 0.341. The maximum absolute atomic E-state index is 13.2. The van der Waals surface area contributed by atoms with Crippen LogP contribution in [0.3, 0.4) is 0 Å². The van der Waals surface area contributed by atoms with Gasteiger partial charge in [-0.15, -0.1) is 0 Å². The number of non-ortho nitro benzene ring substituents is 1. The van der Waals surface area contributed by atoms with Crippen molar-refractivity contribution >= 4 is 44.7 Å². The molecule has 0 fully saturated rings. The summed E-state index contributed by atoms with van der Waals surface area (Å²) in [4.78, 5) is 28.5. The highest BCUT2D eigenvalue weighted by Crippen LogP contribution is 2.24. The van der Waals surface area contributed by atoms with Crippen LogP contribution in [0, 0.1) is 10.1 Å². The summed E-state index contributed by atoms with van der Waals surface area (Å²) in [5.74, 6) is 0.345. The third-order valence-corrected chi connectivity index (χ3v) is 5.00. The third-order valence-electron chi connectivity index (χ3n) is 4.50. The zero-order chi connectivity index (χ0) is 21.3. The Bertz CT molecular complexity index is 1380. The third kappa shape index (κ3) is 3.72. The topological polar surface area (TPSA) is 98.3 Å². The lowest BCUT2D eigenvalue weighted by Crippen LogP contribution is -2.22. The van der Waals surface area contributed by atoms with E-state index in [0.717, 1.165) is 4.47 Å². The van der Waals surface area contributed by atoms with Gasteiger partial charge in [0.25, 0.3) is 11.2 Å². The van der Waals surface area contributed by atoms with E-state index in [4.69, 9.17) is 0 Å². The van der Waals surface area contributed by atoms with Crippen LogP contribution >= 0.6 is 15.9 Å². The first-order valence-corrected chi connectivity index (χ1v) is 9.66. The van der Waals surface area contributed by atoms with Gasteiger partial charge in [-0.2, -0.15) is 0 Å². The summed E-state index contributed by atoms with van der Waals surface area (Å²) in [5, 5.41) is 21.7. The van der Waals surface area contributed by atoms with Gasteiger partial charge in [-0.1, -0.05) is 34.1 Å². The minimum atomic E-state index is -0.516. The van der Waals surface area contributed by atoms with Crippen LogP contribution in [0.5, 0.6) is 5.75 Å².